The van der Waals surface area contributed by atoms with Gasteiger partial charge in [0.05, 0.1) is 9.82 Å². The van der Waals surface area contributed by atoms with E-state index >= 15 is 0 Å². The third-order valence-corrected chi connectivity index (χ3v) is 6.14. The number of hydrogen-bond acceptors (Lipinski definition) is 4. The summed E-state index contributed by atoms with van der Waals surface area (Å²) in [6, 6.07) is 4.08. The molecule has 0 aromatic heterocycles. The van der Waals surface area contributed by atoms with Crippen LogP contribution in [0.4, 0.5) is 5.69 Å². The van der Waals surface area contributed by atoms with Gasteiger partial charge in [0.25, 0.3) is 5.69 Å². The Hall–Kier alpha value is -1.47. The summed E-state index contributed by atoms with van der Waals surface area (Å²) in [6.45, 7) is 2.07. The van der Waals surface area contributed by atoms with Gasteiger partial charge in [-0.15, -0.1) is 0 Å². The Labute approximate surface area is 131 Å². The molecule has 6 nitrogen and oxygen atoms in total. The summed E-state index contributed by atoms with van der Waals surface area (Å²) in [4.78, 5) is 10.4. The van der Waals surface area contributed by atoms with Crippen LogP contribution in [0.3, 0.4) is 0 Å². The van der Waals surface area contributed by atoms with Gasteiger partial charge < -0.3 is 0 Å². The van der Waals surface area contributed by atoms with Crippen LogP contribution >= 0.6 is 0 Å². The van der Waals surface area contributed by atoms with E-state index in [9.17, 15) is 18.5 Å². The van der Waals surface area contributed by atoms with Gasteiger partial charge in [0.1, 0.15) is 0 Å². The Balaban J connectivity index is 2.21. The highest BCUT2D eigenvalue weighted by atomic mass is 32.2. The summed E-state index contributed by atoms with van der Waals surface area (Å²) in [7, 11) is -2.13. The predicted molar refractivity (Wildman–Crippen MR) is 84.2 cm³/mol. The summed E-state index contributed by atoms with van der Waals surface area (Å²) in [5, 5.41) is 11.0. The molecule has 7 heteroatoms. The molecule has 0 saturated heterocycles. The summed E-state index contributed by atoms with van der Waals surface area (Å²) in [5.74, 6) is 0.383. The molecule has 1 aliphatic rings. The predicted octanol–water partition coefficient (Wildman–Crippen LogP) is 3.10. The van der Waals surface area contributed by atoms with Crippen LogP contribution in [0.5, 0.6) is 0 Å². The molecule has 0 radical (unpaired) electrons. The smallest absolute Gasteiger partial charge is 0.258 e. The Morgan fingerprint density at radius 3 is 2.50 bits per heavy atom. The number of benzene rings is 1. The molecule has 0 atom stereocenters. The summed E-state index contributed by atoms with van der Waals surface area (Å²) in [6.07, 6.45) is 5.61. The van der Waals surface area contributed by atoms with Crippen molar-refractivity contribution in [2.45, 2.75) is 43.9 Å². The highest BCUT2D eigenvalue weighted by Crippen LogP contribution is 2.28. The summed E-state index contributed by atoms with van der Waals surface area (Å²) < 4.78 is 26.5. The van der Waals surface area contributed by atoms with Gasteiger partial charge in [-0.3, -0.25) is 10.1 Å². The van der Waals surface area contributed by atoms with Crippen LogP contribution in [0.2, 0.25) is 0 Å². The Kier molecular flexibility index (Phi) is 5.18. The first kappa shape index (κ1) is 16.9. The van der Waals surface area contributed by atoms with E-state index in [1.165, 1.54) is 22.9 Å². The lowest BCUT2D eigenvalue weighted by Gasteiger charge is -2.26. The van der Waals surface area contributed by atoms with Crippen LogP contribution in [0.15, 0.2) is 23.1 Å². The fraction of sp³-hybridized carbons (Fsp3) is 0.600. The van der Waals surface area contributed by atoms with E-state index in [1.807, 2.05) is 0 Å². The first-order valence-corrected chi connectivity index (χ1v) is 8.98. The Morgan fingerprint density at radius 2 is 1.91 bits per heavy atom. The minimum atomic E-state index is -3.68. The van der Waals surface area contributed by atoms with E-state index in [2.05, 4.69) is 0 Å². The molecule has 1 aromatic rings. The van der Waals surface area contributed by atoms with Gasteiger partial charge in [-0.05, 0) is 31.7 Å². The van der Waals surface area contributed by atoms with Gasteiger partial charge in [0.15, 0.2) is 0 Å². The zero-order valence-electron chi connectivity index (χ0n) is 13.0. The van der Waals surface area contributed by atoms with Gasteiger partial charge >= 0.3 is 0 Å². The number of nitro benzene ring substituents is 1. The summed E-state index contributed by atoms with van der Waals surface area (Å²) >= 11 is 0. The average molecular weight is 326 g/mol. The maximum Gasteiger partial charge on any atom is 0.273 e. The molecule has 1 fully saturated rings. The van der Waals surface area contributed by atoms with Crippen LogP contribution in [0, 0.1) is 23.0 Å². The van der Waals surface area contributed by atoms with E-state index in [0.29, 0.717) is 18.0 Å². The van der Waals surface area contributed by atoms with Gasteiger partial charge in [-0.25, -0.2) is 12.7 Å². The van der Waals surface area contributed by atoms with Gasteiger partial charge in [-0.2, -0.15) is 0 Å². The minimum absolute atomic E-state index is 0.0110. The normalized spacial score (nSPS) is 16.9. The van der Waals surface area contributed by atoms with Gasteiger partial charge in [0, 0.05) is 25.2 Å². The molecule has 0 aliphatic heterocycles. The number of hydrogen-bond donors (Lipinski definition) is 0. The van der Waals surface area contributed by atoms with Crippen molar-refractivity contribution in [1.82, 2.24) is 4.31 Å². The van der Waals surface area contributed by atoms with Crippen molar-refractivity contribution in [2.75, 3.05) is 13.6 Å². The van der Waals surface area contributed by atoms with Crippen molar-refractivity contribution in [3.63, 3.8) is 0 Å². The topological polar surface area (TPSA) is 80.5 Å². The maximum absolute atomic E-state index is 12.6. The number of rotatable bonds is 5. The third-order valence-electron chi connectivity index (χ3n) is 4.33. The molecule has 0 N–H and O–H groups in total. The molecule has 122 valence electrons. The Bertz CT molecular complexity index is 652. The monoisotopic (exact) mass is 326 g/mol. The van der Waals surface area contributed by atoms with Crippen molar-refractivity contribution >= 4 is 15.7 Å². The fourth-order valence-electron chi connectivity index (χ4n) is 2.96. The lowest BCUT2D eigenvalue weighted by molar-refractivity contribution is -0.385. The molecular weight excluding hydrogens is 304 g/mol. The zero-order chi connectivity index (χ0) is 16.3. The molecule has 1 saturated carbocycles. The molecule has 0 heterocycles. The zero-order valence-corrected chi connectivity index (χ0v) is 13.8. The fourth-order valence-corrected chi connectivity index (χ4v) is 4.23. The molecule has 0 unspecified atom stereocenters. The largest absolute Gasteiger partial charge is 0.273 e. The van der Waals surface area contributed by atoms with E-state index in [0.717, 1.165) is 31.7 Å². The molecule has 0 spiro atoms. The molecular formula is C15H22N2O4S. The van der Waals surface area contributed by atoms with Crippen LogP contribution < -0.4 is 0 Å². The molecule has 0 amide bonds. The van der Waals surface area contributed by atoms with Crippen molar-refractivity contribution in [3.05, 3.63) is 33.9 Å². The molecule has 1 aromatic carbocycles. The Morgan fingerprint density at radius 1 is 1.27 bits per heavy atom. The van der Waals surface area contributed by atoms with Crippen molar-refractivity contribution < 1.29 is 13.3 Å². The van der Waals surface area contributed by atoms with Gasteiger partial charge in [0.2, 0.25) is 10.0 Å². The maximum atomic E-state index is 12.6. The highest BCUT2D eigenvalue weighted by molar-refractivity contribution is 7.89. The lowest BCUT2D eigenvalue weighted by atomic mass is 9.89. The second-order valence-electron chi connectivity index (χ2n) is 5.99. The first-order valence-electron chi connectivity index (χ1n) is 7.54. The van der Waals surface area contributed by atoms with Gasteiger partial charge in [-0.1, -0.05) is 25.3 Å². The van der Waals surface area contributed by atoms with Crippen molar-refractivity contribution in [2.24, 2.45) is 5.92 Å². The minimum Gasteiger partial charge on any atom is -0.258 e. The van der Waals surface area contributed by atoms with Crippen LogP contribution in [-0.4, -0.2) is 31.2 Å². The molecule has 2 rings (SSSR count). The molecule has 0 bridgehead atoms. The SMILES string of the molecule is Cc1ccc(S(=O)(=O)N(C)CC2CCCCC2)cc1[N+](=O)[O-]. The first-order chi connectivity index (χ1) is 10.3. The van der Waals surface area contributed by atoms with Crippen LogP contribution in [0.1, 0.15) is 37.7 Å². The molecule has 22 heavy (non-hydrogen) atoms. The standard InChI is InChI=1S/C15H22N2O4S/c1-12-8-9-14(10-15(12)17(18)19)22(20,21)16(2)11-13-6-4-3-5-7-13/h8-10,13H,3-7,11H2,1-2H3. The van der Waals surface area contributed by atoms with Crippen LogP contribution in [-0.2, 0) is 10.0 Å². The van der Waals surface area contributed by atoms with E-state index < -0.39 is 14.9 Å². The molecule has 1 aliphatic carbocycles. The van der Waals surface area contributed by atoms with Crippen LogP contribution in [0.25, 0.3) is 0 Å². The number of sulfonamides is 1. The second kappa shape index (κ2) is 6.75. The van der Waals surface area contributed by atoms with E-state index in [-0.39, 0.29) is 10.6 Å². The van der Waals surface area contributed by atoms with E-state index in [1.54, 1.807) is 14.0 Å². The van der Waals surface area contributed by atoms with Crippen molar-refractivity contribution in [3.8, 4) is 0 Å². The number of nitrogens with zero attached hydrogens (tertiary/aromatic N) is 2. The average Bonchev–Trinajstić information content (AvgIpc) is 2.48. The lowest BCUT2D eigenvalue weighted by Crippen LogP contribution is -2.32. The summed E-state index contributed by atoms with van der Waals surface area (Å²) in [5.41, 5.74) is 0.297. The highest BCUT2D eigenvalue weighted by Gasteiger charge is 2.26. The number of nitro groups is 1. The van der Waals surface area contributed by atoms with Crippen molar-refractivity contribution in [1.29, 1.82) is 0 Å². The van der Waals surface area contributed by atoms with E-state index in [4.69, 9.17) is 0 Å². The quantitative estimate of drug-likeness (QED) is 0.615. The number of aryl methyl sites for hydroxylation is 1. The third kappa shape index (κ3) is 3.64. The second-order valence-corrected chi connectivity index (χ2v) is 8.04.